The molecule has 0 spiro atoms. The van der Waals surface area contributed by atoms with Crippen LogP contribution in [-0.4, -0.2) is 35.5 Å². The molecule has 1 aliphatic carbocycles. The van der Waals surface area contributed by atoms with E-state index in [1.54, 1.807) is 16.4 Å². The van der Waals surface area contributed by atoms with Crippen molar-refractivity contribution in [2.24, 2.45) is 0 Å². The Bertz CT molecular complexity index is 874. The van der Waals surface area contributed by atoms with Gasteiger partial charge in [0.1, 0.15) is 0 Å². The highest BCUT2D eigenvalue weighted by molar-refractivity contribution is 7.89. The van der Waals surface area contributed by atoms with Crippen molar-refractivity contribution >= 4 is 10.0 Å². The van der Waals surface area contributed by atoms with E-state index in [2.05, 4.69) is 10.1 Å². The van der Waals surface area contributed by atoms with E-state index in [0.717, 1.165) is 43.6 Å². The maximum atomic E-state index is 13.2. The molecule has 2 aromatic rings. The topological polar surface area (TPSA) is 76.3 Å². The molecule has 2 aliphatic rings. The predicted octanol–water partition coefficient (Wildman–Crippen LogP) is 3.30. The first-order chi connectivity index (χ1) is 12.6. The summed E-state index contributed by atoms with van der Waals surface area (Å²) in [6.07, 6.45) is 6.15. The number of nitrogens with zero attached hydrogens (tertiary/aromatic N) is 3. The molecule has 0 bridgehead atoms. The Morgan fingerprint density at radius 3 is 2.81 bits per heavy atom. The molecular formula is C19H25N3O3S. The van der Waals surface area contributed by atoms with Gasteiger partial charge in [0.2, 0.25) is 15.9 Å². The van der Waals surface area contributed by atoms with E-state index >= 15 is 0 Å². The molecule has 1 aliphatic heterocycles. The Labute approximate surface area is 154 Å². The molecule has 6 nitrogen and oxygen atoms in total. The molecule has 4 rings (SSSR count). The highest BCUT2D eigenvalue weighted by atomic mass is 32.2. The average molecular weight is 375 g/mol. The predicted molar refractivity (Wildman–Crippen MR) is 97.3 cm³/mol. The van der Waals surface area contributed by atoms with Crippen molar-refractivity contribution in [2.75, 3.05) is 6.54 Å². The highest BCUT2D eigenvalue weighted by Crippen LogP contribution is 2.39. The van der Waals surface area contributed by atoms with Crippen molar-refractivity contribution in [3.8, 4) is 0 Å². The number of aromatic nitrogens is 2. The van der Waals surface area contributed by atoms with Gasteiger partial charge in [0.15, 0.2) is 5.82 Å². The molecule has 1 atom stereocenters. The van der Waals surface area contributed by atoms with Gasteiger partial charge in [0.05, 0.1) is 4.90 Å². The quantitative estimate of drug-likeness (QED) is 0.742. The molecule has 0 radical (unpaired) electrons. The van der Waals surface area contributed by atoms with Crippen LogP contribution in [0.15, 0.2) is 33.7 Å². The van der Waals surface area contributed by atoms with Crippen LogP contribution in [-0.2, 0) is 22.9 Å². The van der Waals surface area contributed by atoms with Crippen LogP contribution in [0.4, 0.5) is 0 Å². The van der Waals surface area contributed by atoms with Crippen molar-refractivity contribution in [3.05, 3.63) is 41.5 Å². The summed E-state index contributed by atoms with van der Waals surface area (Å²) in [6, 6.07) is 7.33. The first-order valence-corrected chi connectivity index (χ1v) is 11.0. The lowest BCUT2D eigenvalue weighted by Crippen LogP contribution is -2.36. The van der Waals surface area contributed by atoms with Crippen molar-refractivity contribution < 1.29 is 12.9 Å². The molecule has 1 saturated carbocycles. The van der Waals surface area contributed by atoms with Gasteiger partial charge in [0, 0.05) is 24.9 Å². The molecule has 0 amide bonds. The van der Waals surface area contributed by atoms with Gasteiger partial charge in [-0.1, -0.05) is 30.3 Å². The van der Waals surface area contributed by atoms with E-state index in [9.17, 15) is 8.42 Å². The third-order valence-corrected chi connectivity index (χ3v) is 7.43. The molecular weight excluding hydrogens is 350 g/mol. The summed E-state index contributed by atoms with van der Waals surface area (Å²) in [5, 5.41) is 4.06. The fourth-order valence-electron chi connectivity index (χ4n) is 3.75. The van der Waals surface area contributed by atoms with E-state index in [0.29, 0.717) is 36.0 Å². The second-order valence-electron chi connectivity index (χ2n) is 7.23. The molecule has 1 aromatic carbocycles. The number of aryl methyl sites for hydroxylation is 2. The lowest BCUT2D eigenvalue weighted by molar-refractivity contribution is 0.357. The van der Waals surface area contributed by atoms with Crippen molar-refractivity contribution in [2.45, 2.75) is 68.7 Å². The standard InChI is InChI=1S/C19H25N3O3S/c1-2-14-6-3-4-8-17(14)26(23,24)22-13-5-7-16(22)11-12-18-20-19(25-21-18)15-9-10-15/h3-4,6,8,15-16H,2,5,7,9-13H2,1H3. The van der Waals surface area contributed by atoms with E-state index in [-0.39, 0.29) is 6.04 Å². The van der Waals surface area contributed by atoms with Crippen LogP contribution in [0.1, 0.15) is 62.2 Å². The normalized spacial score (nSPS) is 21.3. The first-order valence-electron chi connectivity index (χ1n) is 9.52. The van der Waals surface area contributed by atoms with E-state index < -0.39 is 10.0 Å². The second kappa shape index (κ2) is 7.12. The minimum absolute atomic E-state index is 0.00721. The van der Waals surface area contributed by atoms with E-state index in [4.69, 9.17) is 4.52 Å². The summed E-state index contributed by atoms with van der Waals surface area (Å²) in [6.45, 7) is 2.58. The summed E-state index contributed by atoms with van der Waals surface area (Å²) in [5.74, 6) is 1.89. The lowest BCUT2D eigenvalue weighted by atomic mass is 10.1. The molecule has 1 unspecified atom stereocenters. The van der Waals surface area contributed by atoms with Crippen LogP contribution in [0, 0.1) is 0 Å². The molecule has 7 heteroatoms. The number of benzene rings is 1. The van der Waals surface area contributed by atoms with Crippen LogP contribution in [0.25, 0.3) is 0 Å². The summed E-state index contributed by atoms with van der Waals surface area (Å²) in [7, 11) is -3.46. The lowest BCUT2D eigenvalue weighted by Gasteiger charge is -2.24. The summed E-state index contributed by atoms with van der Waals surface area (Å²) in [5.41, 5.74) is 0.880. The molecule has 2 heterocycles. The van der Waals surface area contributed by atoms with Gasteiger partial charge >= 0.3 is 0 Å². The molecule has 26 heavy (non-hydrogen) atoms. The fourth-order valence-corrected chi connectivity index (χ4v) is 5.77. The molecule has 140 valence electrons. The minimum atomic E-state index is -3.46. The van der Waals surface area contributed by atoms with E-state index in [1.165, 1.54) is 0 Å². The van der Waals surface area contributed by atoms with Crippen LogP contribution in [0.2, 0.25) is 0 Å². The van der Waals surface area contributed by atoms with Crippen LogP contribution >= 0.6 is 0 Å². The zero-order valence-corrected chi connectivity index (χ0v) is 15.9. The molecule has 1 aromatic heterocycles. The Kier molecular flexibility index (Phi) is 4.84. The number of hydrogen-bond donors (Lipinski definition) is 0. The maximum absolute atomic E-state index is 13.2. The molecule has 1 saturated heterocycles. The highest BCUT2D eigenvalue weighted by Gasteiger charge is 2.36. The summed E-state index contributed by atoms with van der Waals surface area (Å²) < 4.78 is 33.4. The Hall–Kier alpha value is -1.73. The van der Waals surface area contributed by atoms with Crippen LogP contribution in [0.3, 0.4) is 0 Å². The average Bonchev–Trinajstić information content (AvgIpc) is 3.20. The Morgan fingerprint density at radius 2 is 2.04 bits per heavy atom. The Morgan fingerprint density at radius 1 is 1.23 bits per heavy atom. The second-order valence-corrected chi connectivity index (χ2v) is 9.09. The number of sulfonamides is 1. The smallest absolute Gasteiger partial charge is 0.243 e. The van der Waals surface area contributed by atoms with Gasteiger partial charge in [-0.3, -0.25) is 0 Å². The fraction of sp³-hybridized carbons (Fsp3) is 0.579. The van der Waals surface area contributed by atoms with Gasteiger partial charge in [-0.05, 0) is 50.2 Å². The molecule has 2 fully saturated rings. The number of hydrogen-bond acceptors (Lipinski definition) is 5. The van der Waals surface area contributed by atoms with Crippen molar-refractivity contribution in [3.63, 3.8) is 0 Å². The zero-order valence-electron chi connectivity index (χ0n) is 15.1. The van der Waals surface area contributed by atoms with Crippen LogP contribution in [0.5, 0.6) is 0 Å². The zero-order chi connectivity index (χ0) is 18.1. The third-order valence-electron chi connectivity index (χ3n) is 5.37. The minimum Gasteiger partial charge on any atom is -0.339 e. The van der Waals surface area contributed by atoms with Crippen LogP contribution < -0.4 is 0 Å². The monoisotopic (exact) mass is 375 g/mol. The van der Waals surface area contributed by atoms with Crippen molar-refractivity contribution in [1.29, 1.82) is 0 Å². The van der Waals surface area contributed by atoms with Gasteiger partial charge in [-0.15, -0.1) is 0 Å². The van der Waals surface area contributed by atoms with Crippen molar-refractivity contribution in [1.82, 2.24) is 14.4 Å². The SMILES string of the molecule is CCc1ccccc1S(=O)(=O)N1CCCC1CCc1noc(C2CC2)n1. The van der Waals surface area contributed by atoms with Gasteiger partial charge in [-0.2, -0.15) is 9.29 Å². The van der Waals surface area contributed by atoms with Gasteiger partial charge in [0.25, 0.3) is 0 Å². The largest absolute Gasteiger partial charge is 0.339 e. The molecule has 0 N–H and O–H groups in total. The van der Waals surface area contributed by atoms with E-state index in [1.807, 2.05) is 19.1 Å². The Balaban J connectivity index is 1.48. The van der Waals surface area contributed by atoms with Gasteiger partial charge < -0.3 is 4.52 Å². The maximum Gasteiger partial charge on any atom is 0.243 e. The summed E-state index contributed by atoms with van der Waals surface area (Å²) in [4.78, 5) is 4.91. The summed E-state index contributed by atoms with van der Waals surface area (Å²) >= 11 is 0. The van der Waals surface area contributed by atoms with Gasteiger partial charge in [-0.25, -0.2) is 8.42 Å². The number of rotatable bonds is 7. The third kappa shape index (κ3) is 3.42. The first kappa shape index (κ1) is 17.7.